The molecule has 0 aromatic heterocycles. The molecule has 1 heterocycles. The first-order valence-corrected chi connectivity index (χ1v) is 12.2. The van der Waals surface area contributed by atoms with Gasteiger partial charge in [0.25, 0.3) is 0 Å². The molecule has 0 spiro atoms. The third-order valence-electron chi connectivity index (χ3n) is 10.6. The molecule has 0 radical (unpaired) electrons. The van der Waals surface area contributed by atoms with E-state index in [0.717, 1.165) is 35.5 Å². The van der Waals surface area contributed by atoms with Crippen molar-refractivity contribution in [3.63, 3.8) is 0 Å². The molecular formula is C24H40Cl2N2. The highest BCUT2D eigenvalue weighted by molar-refractivity contribution is 5.85. The summed E-state index contributed by atoms with van der Waals surface area (Å²) >= 11 is 0. The van der Waals surface area contributed by atoms with Gasteiger partial charge in [-0.3, -0.25) is 9.80 Å². The fourth-order valence-electron chi connectivity index (χ4n) is 10.6. The lowest BCUT2D eigenvalue weighted by molar-refractivity contribution is -0.134. The molecule has 9 aliphatic rings. The van der Waals surface area contributed by atoms with Crippen molar-refractivity contribution in [3.05, 3.63) is 0 Å². The van der Waals surface area contributed by atoms with Gasteiger partial charge in [-0.25, -0.2) is 0 Å². The Bertz CT molecular complexity index is 475. The maximum atomic E-state index is 3.04. The van der Waals surface area contributed by atoms with Crippen molar-refractivity contribution >= 4 is 24.8 Å². The third kappa shape index (κ3) is 2.94. The molecular weight excluding hydrogens is 387 g/mol. The normalized spacial score (nSPS) is 54.4. The predicted octanol–water partition coefficient (Wildman–Crippen LogP) is 5.39. The second kappa shape index (κ2) is 7.01. The van der Waals surface area contributed by atoms with E-state index in [4.69, 9.17) is 0 Å². The Balaban J connectivity index is 0.000000853. The minimum atomic E-state index is 0. The van der Waals surface area contributed by atoms with E-state index in [1.54, 1.807) is 77.0 Å². The lowest BCUT2D eigenvalue weighted by Gasteiger charge is -2.64. The molecule has 160 valence electrons. The summed E-state index contributed by atoms with van der Waals surface area (Å²) in [4.78, 5) is 6.07. The van der Waals surface area contributed by atoms with E-state index in [1.165, 1.54) is 26.2 Å². The molecule has 4 heteroatoms. The summed E-state index contributed by atoms with van der Waals surface area (Å²) in [5.41, 5.74) is 1.31. The van der Waals surface area contributed by atoms with Gasteiger partial charge < -0.3 is 0 Å². The molecule has 1 aliphatic heterocycles. The van der Waals surface area contributed by atoms with Crippen LogP contribution in [0.25, 0.3) is 0 Å². The second-order valence-corrected chi connectivity index (χ2v) is 12.3. The van der Waals surface area contributed by atoms with Crippen LogP contribution in [0.4, 0.5) is 0 Å². The van der Waals surface area contributed by atoms with Crippen LogP contribution in [-0.4, -0.2) is 47.1 Å². The van der Waals surface area contributed by atoms with E-state index >= 15 is 0 Å². The van der Waals surface area contributed by atoms with Gasteiger partial charge in [0, 0.05) is 37.3 Å². The van der Waals surface area contributed by atoms with E-state index in [0.29, 0.717) is 11.1 Å². The SMILES string of the molecule is C1C2CC3CC1CC(N1CCN(C45CC6CC(CC(C6)C4)C5)CC1)(C2)C3.Cl.Cl. The van der Waals surface area contributed by atoms with Gasteiger partial charge in [-0.05, 0) is 113 Å². The van der Waals surface area contributed by atoms with E-state index < -0.39 is 0 Å². The van der Waals surface area contributed by atoms with Crippen molar-refractivity contribution in [3.8, 4) is 0 Å². The summed E-state index contributed by atoms with van der Waals surface area (Å²) in [7, 11) is 0. The fourth-order valence-corrected chi connectivity index (χ4v) is 10.6. The monoisotopic (exact) mass is 426 g/mol. The average molecular weight is 428 g/mol. The summed E-state index contributed by atoms with van der Waals surface area (Å²) in [5.74, 6) is 6.60. The van der Waals surface area contributed by atoms with Gasteiger partial charge in [0.15, 0.2) is 0 Å². The van der Waals surface area contributed by atoms with Crippen LogP contribution >= 0.6 is 24.8 Å². The quantitative estimate of drug-likeness (QED) is 0.583. The standard InChI is InChI=1S/C24H38N2.2ClH/c1-2-26(24-14-20-8-21(15-24)10-22(9-20)16-24)4-3-25(1)23-11-17-5-18(12-23)7-19(6-17)13-23;;/h17-22H,1-16H2;2*1H. The third-order valence-corrected chi connectivity index (χ3v) is 10.6. The predicted molar refractivity (Wildman–Crippen MR) is 119 cm³/mol. The molecule has 9 fully saturated rings. The highest BCUT2D eigenvalue weighted by Crippen LogP contribution is 2.60. The average Bonchev–Trinajstić information content (AvgIpc) is 2.60. The zero-order chi connectivity index (χ0) is 16.9. The summed E-state index contributed by atoms with van der Waals surface area (Å²) < 4.78 is 0. The summed E-state index contributed by atoms with van der Waals surface area (Å²) in [6, 6.07) is 0. The van der Waals surface area contributed by atoms with E-state index in [-0.39, 0.29) is 24.8 Å². The summed E-state index contributed by atoms with van der Waals surface area (Å²) in [6.07, 6.45) is 18.9. The first-order valence-electron chi connectivity index (χ1n) is 12.2. The lowest BCUT2D eigenvalue weighted by atomic mass is 9.52. The number of halogens is 2. The van der Waals surface area contributed by atoms with Crippen molar-refractivity contribution < 1.29 is 0 Å². The first kappa shape index (κ1) is 20.4. The second-order valence-electron chi connectivity index (χ2n) is 12.3. The molecule has 8 bridgehead atoms. The summed E-state index contributed by atoms with van der Waals surface area (Å²) in [5, 5.41) is 0. The van der Waals surface area contributed by atoms with Gasteiger partial charge in [0.1, 0.15) is 0 Å². The minimum Gasteiger partial charge on any atom is -0.295 e. The van der Waals surface area contributed by atoms with Crippen molar-refractivity contribution in [1.29, 1.82) is 0 Å². The van der Waals surface area contributed by atoms with Gasteiger partial charge in [0.2, 0.25) is 0 Å². The Morgan fingerprint density at radius 3 is 0.821 bits per heavy atom. The Kier molecular flexibility index (Phi) is 5.11. The topological polar surface area (TPSA) is 6.48 Å². The van der Waals surface area contributed by atoms with Crippen molar-refractivity contribution in [2.75, 3.05) is 26.2 Å². The van der Waals surface area contributed by atoms with Gasteiger partial charge in [0.05, 0.1) is 0 Å². The van der Waals surface area contributed by atoms with Crippen molar-refractivity contribution in [2.24, 2.45) is 35.5 Å². The van der Waals surface area contributed by atoms with Crippen LogP contribution in [0.15, 0.2) is 0 Å². The van der Waals surface area contributed by atoms with Gasteiger partial charge in [-0.15, -0.1) is 24.8 Å². The van der Waals surface area contributed by atoms with Crippen LogP contribution in [0.1, 0.15) is 77.0 Å². The Morgan fingerprint density at radius 1 is 0.393 bits per heavy atom. The highest BCUT2D eigenvalue weighted by atomic mass is 35.5. The largest absolute Gasteiger partial charge is 0.295 e. The van der Waals surface area contributed by atoms with E-state index in [9.17, 15) is 0 Å². The molecule has 8 saturated carbocycles. The fraction of sp³-hybridized carbons (Fsp3) is 1.00. The molecule has 28 heavy (non-hydrogen) atoms. The van der Waals surface area contributed by atoms with Gasteiger partial charge in [-0.1, -0.05) is 0 Å². The molecule has 0 atom stereocenters. The molecule has 0 aromatic rings. The van der Waals surface area contributed by atoms with Gasteiger partial charge in [-0.2, -0.15) is 0 Å². The number of hydrogen-bond donors (Lipinski definition) is 0. The molecule has 2 nitrogen and oxygen atoms in total. The smallest absolute Gasteiger partial charge is 0.0218 e. The number of piperazine rings is 1. The minimum absolute atomic E-state index is 0. The molecule has 9 rings (SSSR count). The zero-order valence-corrected chi connectivity index (χ0v) is 19.1. The van der Waals surface area contributed by atoms with Crippen LogP contribution in [0, 0.1) is 35.5 Å². The number of hydrogen-bond acceptors (Lipinski definition) is 2. The van der Waals surface area contributed by atoms with Crippen LogP contribution in [0.2, 0.25) is 0 Å². The van der Waals surface area contributed by atoms with Gasteiger partial charge >= 0.3 is 0 Å². The van der Waals surface area contributed by atoms with Crippen molar-refractivity contribution in [1.82, 2.24) is 9.80 Å². The highest BCUT2D eigenvalue weighted by Gasteiger charge is 2.56. The Labute approximate surface area is 184 Å². The van der Waals surface area contributed by atoms with E-state index in [2.05, 4.69) is 9.80 Å². The molecule has 8 aliphatic carbocycles. The van der Waals surface area contributed by atoms with Crippen LogP contribution in [-0.2, 0) is 0 Å². The first-order chi connectivity index (χ1) is 12.7. The molecule has 0 N–H and O–H groups in total. The zero-order valence-electron chi connectivity index (χ0n) is 17.5. The number of nitrogens with zero attached hydrogens (tertiary/aromatic N) is 2. The maximum absolute atomic E-state index is 3.04. The lowest BCUT2D eigenvalue weighted by Crippen LogP contribution is -2.68. The van der Waals surface area contributed by atoms with Crippen LogP contribution < -0.4 is 0 Å². The van der Waals surface area contributed by atoms with Crippen LogP contribution in [0.3, 0.4) is 0 Å². The Hall–Kier alpha value is 0.500. The molecule has 1 saturated heterocycles. The maximum Gasteiger partial charge on any atom is 0.0218 e. The molecule has 0 unspecified atom stereocenters. The summed E-state index contributed by atoms with van der Waals surface area (Å²) in [6.45, 7) is 5.59. The number of rotatable bonds is 2. The van der Waals surface area contributed by atoms with Crippen LogP contribution in [0.5, 0.6) is 0 Å². The molecule has 0 amide bonds. The van der Waals surface area contributed by atoms with Crippen molar-refractivity contribution in [2.45, 2.75) is 88.1 Å². The Morgan fingerprint density at radius 2 is 0.607 bits per heavy atom. The molecule has 0 aromatic carbocycles. The van der Waals surface area contributed by atoms with E-state index in [1.807, 2.05) is 0 Å².